The lowest BCUT2D eigenvalue weighted by Gasteiger charge is -2.23. The van der Waals surface area contributed by atoms with Crippen molar-refractivity contribution < 1.29 is 9.59 Å². The molecule has 1 saturated heterocycles. The Bertz CT molecular complexity index is 1250. The number of likely N-dealkylation sites (tertiary alicyclic amines) is 1. The summed E-state index contributed by atoms with van der Waals surface area (Å²) in [7, 11) is 0. The molecule has 1 unspecified atom stereocenters. The summed E-state index contributed by atoms with van der Waals surface area (Å²) in [6, 6.07) is 12.0. The van der Waals surface area contributed by atoms with E-state index in [1.807, 2.05) is 29.2 Å². The smallest absolute Gasteiger partial charge is 0.259 e. The van der Waals surface area contributed by atoms with Crippen LogP contribution in [0.3, 0.4) is 0 Å². The number of hydrogen-bond acceptors (Lipinski definition) is 5. The molecule has 30 heavy (non-hydrogen) atoms. The minimum atomic E-state index is -0.322. The van der Waals surface area contributed by atoms with Crippen LogP contribution in [-0.4, -0.2) is 39.3 Å². The van der Waals surface area contributed by atoms with Crippen molar-refractivity contribution in [3.8, 4) is 0 Å². The maximum Gasteiger partial charge on any atom is 0.259 e. The summed E-state index contributed by atoms with van der Waals surface area (Å²) in [5.41, 5.74) is 7.66. The van der Waals surface area contributed by atoms with Gasteiger partial charge in [0.1, 0.15) is 0 Å². The van der Waals surface area contributed by atoms with Gasteiger partial charge in [-0.15, -0.1) is 0 Å². The van der Waals surface area contributed by atoms with Gasteiger partial charge in [0.25, 0.3) is 11.5 Å². The number of nitrogens with zero attached hydrogens (tertiary/aromatic N) is 1. The van der Waals surface area contributed by atoms with E-state index in [1.165, 1.54) is 0 Å². The van der Waals surface area contributed by atoms with Gasteiger partial charge in [-0.25, -0.2) is 0 Å². The number of para-hydroxylation sites is 1. The molecule has 0 saturated carbocycles. The number of H-pyrrole nitrogens is 2. The van der Waals surface area contributed by atoms with Crippen LogP contribution in [0.1, 0.15) is 28.8 Å². The molecular formula is C21H21N5O3S. The van der Waals surface area contributed by atoms with Crippen molar-refractivity contribution in [3.63, 3.8) is 0 Å². The zero-order valence-electron chi connectivity index (χ0n) is 16.1. The third-order valence-electron chi connectivity index (χ3n) is 5.33. The van der Waals surface area contributed by atoms with Crippen molar-refractivity contribution in [1.29, 1.82) is 0 Å². The Morgan fingerprint density at radius 2 is 2.00 bits per heavy atom. The van der Waals surface area contributed by atoms with E-state index in [1.54, 1.807) is 18.2 Å². The highest BCUT2D eigenvalue weighted by molar-refractivity contribution is 7.71. The summed E-state index contributed by atoms with van der Waals surface area (Å²) in [6.07, 6.45) is 1.67. The topological polar surface area (TPSA) is 124 Å². The monoisotopic (exact) mass is 423 g/mol. The number of primary amides is 1. The van der Waals surface area contributed by atoms with Crippen LogP contribution in [0.25, 0.3) is 10.9 Å². The second-order valence-electron chi connectivity index (χ2n) is 7.31. The average Bonchev–Trinajstić information content (AvgIpc) is 3.17. The molecule has 8 nitrogen and oxygen atoms in total. The van der Waals surface area contributed by atoms with Crippen molar-refractivity contribution >= 4 is 40.6 Å². The third kappa shape index (κ3) is 4.03. The molecule has 1 atom stereocenters. The Hall–Kier alpha value is -3.30. The Morgan fingerprint density at radius 1 is 1.20 bits per heavy atom. The second-order valence-corrected chi connectivity index (χ2v) is 7.72. The van der Waals surface area contributed by atoms with Gasteiger partial charge < -0.3 is 16.0 Å². The lowest BCUT2D eigenvalue weighted by molar-refractivity contribution is -0.122. The summed E-state index contributed by atoms with van der Waals surface area (Å²) in [6.45, 7) is 1.30. The maximum absolute atomic E-state index is 12.9. The largest absolute Gasteiger partial charge is 0.368 e. The highest BCUT2D eigenvalue weighted by atomic mass is 32.1. The number of carbonyl (C=O) groups excluding carboxylic acids is 2. The number of aromatic nitrogens is 2. The third-order valence-corrected chi connectivity index (χ3v) is 5.54. The predicted molar refractivity (Wildman–Crippen MR) is 117 cm³/mol. The van der Waals surface area contributed by atoms with Crippen molar-refractivity contribution in [3.05, 3.63) is 68.7 Å². The molecule has 0 aliphatic carbocycles. The molecular weight excluding hydrogens is 402 g/mol. The molecule has 1 aromatic heterocycles. The number of nitrogens with one attached hydrogen (secondary N) is 3. The van der Waals surface area contributed by atoms with E-state index in [0.717, 1.165) is 24.9 Å². The fraction of sp³-hybridized carbons (Fsp3) is 0.238. The molecule has 2 aromatic carbocycles. The van der Waals surface area contributed by atoms with E-state index in [4.69, 9.17) is 18.0 Å². The van der Waals surface area contributed by atoms with Crippen LogP contribution < -0.4 is 16.6 Å². The standard InChI is InChI=1S/C21H21N5O3S/c22-18(27)17-6-3-9-26(17)11-13-4-1-2-5-15(13)23-19(28)12-7-8-14-16(10-12)24-21(30)25-20(14)29/h1-2,4-5,7-8,10,17H,3,6,9,11H2,(H2,22,27)(H,23,28)(H2,24,25,29,30). The van der Waals surface area contributed by atoms with Crippen LogP contribution in [0.4, 0.5) is 5.69 Å². The minimum absolute atomic E-state index is 0.199. The van der Waals surface area contributed by atoms with E-state index in [-0.39, 0.29) is 28.2 Å². The Balaban J connectivity index is 1.58. The molecule has 1 aliphatic rings. The van der Waals surface area contributed by atoms with E-state index in [2.05, 4.69) is 15.3 Å². The molecule has 0 spiro atoms. The van der Waals surface area contributed by atoms with Gasteiger partial charge in [-0.3, -0.25) is 24.3 Å². The molecule has 1 aliphatic heterocycles. The van der Waals surface area contributed by atoms with Gasteiger partial charge in [0, 0.05) is 17.8 Å². The number of hydrogen-bond donors (Lipinski definition) is 4. The summed E-state index contributed by atoms with van der Waals surface area (Å²) >= 11 is 5.00. The number of anilines is 1. The highest BCUT2D eigenvalue weighted by Crippen LogP contribution is 2.24. The Labute approximate surface area is 177 Å². The van der Waals surface area contributed by atoms with Gasteiger partial charge in [-0.1, -0.05) is 18.2 Å². The van der Waals surface area contributed by atoms with Gasteiger partial charge in [-0.05, 0) is 61.4 Å². The number of aromatic amines is 2. The predicted octanol–water partition coefficient (Wildman–Crippen LogP) is 2.29. The number of amides is 2. The molecule has 0 radical (unpaired) electrons. The molecule has 9 heteroatoms. The number of benzene rings is 2. The van der Waals surface area contributed by atoms with Gasteiger partial charge in [0.15, 0.2) is 4.77 Å². The molecule has 2 amide bonds. The second kappa shape index (κ2) is 8.21. The summed E-state index contributed by atoms with van der Waals surface area (Å²) in [5, 5.41) is 3.35. The van der Waals surface area contributed by atoms with Crippen molar-refractivity contribution in [1.82, 2.24) is 14.9 Å². The lowest BCUT2D eigenvalue weighted by atomic mass is 10.1. The van der Waals surface area contributed by atoms with Crippen LogP contribution in [0.2, 0.25) is 0 Å². The number of fused-ring (bicyclic) bond motifs is 1. The van der Waals surface area contributed by atoms with Crippen LogP contribution in [-0.2, 0) is 11.3 Å². The zero-order chi connectivity index (χ0) is 21.3. The first-order chi connectivity index (χ1) is 14.4. The highest BCUT2D eigenvalue weighted by Gasteiger charge is 2.29. The summed E-state index contributed by atoms with van der Waals surface area (Å²) < 4.78 is 0.199. The van der Waals surface area contributed by atoms with Crippen LogP contribution in [0.15, 0.2) is 47.3 Å². The molecule has 2 heterocycles. The van der Waals surface area contributed by atoms with E-state index in [0.29, 0.717) is 28.7 Å². The molecule has 3 aromatic rings. The first-order valence-corrected chi connectivity index (χ1v) is 10.0. The van der Waals surface area contributed by atoms with Crippen molar-refractivity contribution in [2.45, 2.75) is 25.4 Å². The van der Waals surface area contributed by atoms with E-state index >= 15 is 0 Å². The zero-order valence-corrected chi connectivity index (χ0v) is 16.9. The first-order valence-electron chi connectivity index (χ1n) is 9.61. The normalized spacial score (nSPS) is 16.6. The summed E-state index contributed by atoms with van der Waals surface area (Å²) in [5.74, 6) is -0.630. The minimum Gasteiger partial charge on any atom is -0.368 e. The summed E-state index contributed by atoms with van der Waals surface area (Å²) in [4.78, 5) is 44.0. The number of carbonyl (C=O) groups is 2. The Morgan fingerprint density at radius 3 is 2.80 bits per heavy atom. The molecule has 154 valence electrons. The van der Waals surface area contributed by atoms with E-state index < -0.39 is 0 Å². The SMILES string of the molecule is NC(=O)C1CCCN1Cc1ccccc1NC(=O)c1ccc2c(=O)[nH]c(=S)[nH]c2c1. The molecule has 4 rings (SSSR count). The fourth-order valence-corrected chi connectivity index (χ4v) is 4.04. The van der Waals surface area contributed by atoms with Gasteiger partial charge in [0.2, 0.25) is 5.91 Å². The van der Waals surface area contributed by atoms with Crippen LogP contribution >= 0.6 is 12.2 Å². The lowest BCUT2D eigenvalue weighted by Crippen LogP contribution is -2.39. The van der Waals surface area contributed by atoms with Crippen molar-refractivity contribution in [2.75, 3.05) is 11.9 Å². The van der Waals surface area contributed by atoms with Gasteiger partial charge >= 0.3 is 0 Å². The van der Waals surface area contributed by atoms with Crippen molar-refractivity contribution in [2.24, 2.45) is 5.73 Å². The number of nitrogens with two attached hydrogens (primary N) is 1. The van der Waals surface area contributed by atoms with E-state index in [9.17, 15) is 14.4 Å². The van der Waals surface area contributed by atoms with Crippen LogP contribution in [0, 0.1) is 4.77 Å². The first kappa shape index (κ1) is 20.0. The average molecular weight is 423 g/mol. The fourth-order valence-electron chi connectivity index (χ4n) is 3.84. The molecule has 0 bridgehead atoms. The molecule has 1 fully saturated rings. The quantitative estimate of drug-likeness (QED) is 0.469. The van der Waals surface area contributed by atoms with Crippen LogP contribution in [0.5, 0.6) is 0 Å². The van der Waals surface area contributed by atoms with Gasteiger partial charge in [-0.2, -0.15) is 0 Å². The Kier molecular flexibility index (Phi) is 5.47. The number of rotatable bonds is 5. The molecule has 5 N–H and O–H groups in total. The van der Waals surface area contributed by atoms with Gasteiger partial charge in [0.05, 0.1) is 16.9 Å². The maximum atomic E-state index is 12.9.